The molecule has 0 amide bonds. The van der Waals surface area contributed by atoms with E-state index >= 15 is 0 Å². The number of hydrogen-bond donors (Lipinski definition) is 3. The minimum Gasteiger partial charge on any atom is -0.479 e. The Labute approximate surface area is 108 Å². The molecule has 0 spiro atoms. The van der Waals surface area contributed by atoms with Crippen LogP contribution >= 0.6 is 0 Å². The lowest BCUT2D eigenvalue weighted by Crippen LogP contribution is -2.24. The summed E-state index contributed by atoms with van der Waals surface area (Å²) in [7, 11) is 1.45. The van der Waals surface area contributed by atoms with Crippen LogP contribution in [0.2, 0.25) is 0 Å². The van der Waals surface area contributed by atoms with Crippen molar-refractivity contribution in [3.05, 3.63) is 6.33 Å². The van der Waals surface area contributed by atoms with Gasteiger partial charge in [-0.1, -0.05) is 0 Å². The van der Waals surface area contributed by atoms with Crippen molar-refractivity contribution in [3.63, 3.8) is 0 Å². The quantitative estimate of drug-likeness (QED) is 0.574. The maximum Gasteiger partial charge on any atom is 0.247 e. The van der Waals surface area contributed by atoms with Crippen LogP contribution in [0.5, 0.6) is 5.88 Å². The number of aliphatic hydroxyl groups is 2. The van der Waals surface area contributed by atoms with Gasteiger partial charge in [-0.3, -0.25) is 0 Å². The fourth-order valence-corrected chi connectivity index (χ4v) is 1.46. The van der Waals surface area contributed by atoms with E-state index in [2.05, 4.69) is 15.0 Å². The molecule has 2 heterocycles. The molecule has 0 aliphatic rings. The van der Waals surface area contributed by atoms with Gasteiger partial charge in [0.25, 0.3) is 0 Å². The fraction of sp³-hybridized carbons (Fsp3) is 0.500. The maximum absolute atomic E-state index is 8.96. The van der Waals surface area contributed by atoms with Crippen LogP contribution in [-0.4, -0.2) is 56.8 Å². The van der Waals surface area contributed by atoms with Crippen molar-refractivity contribution in [2.75, 3.05) is 32.7 Å². The second-order valence-corrected chi connectivity index (χ2v) is 3.86. The highest BCUT2D eigenvalue weighted by Gasteiger charge is 2.14. The highest BCUT2D eigenvalue weighted by molar-refractivity contribution is 5.77. The predicted molar refractivity (Wildman–Crippen MR) is 65.4 cm³/mol. The summed E-state index contributed by atoms with van der Waals surface area (Å²) in [5.74, 6) is -0.0835. The van der Waals surface area contributed by atoms with Gasteiger partial charge in [0.05, 0.1) is 20.3 Å². The molecule has 0 saturated carbocycles. The number of hydrogen-bond acceptors (Lipinski definition) is 8. The lowest BCUT2D eigenvalue weighted by Gasteiger charge is -2.12. The van der Waals surface area contributed by atoms with Crippen LogP contribution in [0, 0.1) is 5.92 Å². The molecule has 2 aromatic heterocycles. The zero-order valence-electron chi connectivity index (χ0n) is 10.4. The van der Waals surface area contributed by atoms with Crippen LogP contribution in [0.15, 0.2) is 6.33 Å². The van der Waals surface area contributed by atoms with E-state index in [9.17, 15) is 0 Å². The third-order valence-corrected chi connectivity index (χ3v) is 2.51. The second kappa shape index (κ2) is 5.67. The van der Waals surface area contributed by atoms with Gasteiger partial charge in [-0.2, -0.15) is 14.7 Å². The molecule has 9 heteroatoms. The zero-order valence-corrected chi connectivity index (χ0v) is 10.4. The second-order valence-electron chi connectivity index (χ2n) is 3.86. The SMILES string of the molecule is COc1nc(N)nc2c1ncn2OCC(CO)CO. The van der Waals surface area contributed by atoms with Crippen LogP contribution in [-0.2, 0) is 0 Å². The van der Waals surface area contributed by atoms with E-state index in [0.29, 0.717) is 11.2 Å². The van der Waals surface area contributed by atoms with Gasteiger partial charge >= 0.3 is 0 Å². The number of rotatable bonds is 6. The first-order chi connectivity index (χ1) is 9.19. The molecule has 0 aliphatic heterocycles. The van der Waals surface area contributed by atoms with Crippen molar-refractivity contribution in [2.45, 2.75) is 0 Å². The molecule has 4 N–H and O–H groups in total. The largest absolute Gasteiger partial charge is 0.479 e. The molecule has 19 heavy (non-hydrogen) atoms. The van der Waals surface area contributed by atoms with Crippen LogP contribution in [0.3, 0.4) is 0 Å². The summed E-state index contributed by atoms with van der Waals surface area (Å²) < 4.78 is 6.35. The lowest BCUT2D eigenvalue weighted by atomic mass is 10.2. The van der Waals surface area contributed by atoms with Gasteiger partial charge in [0, 0.05) is 5.92 Å². The summed E-state index contributed by atoms with van der Waals surface area (Å²) in [6, 6.07) is 0. The number of fused-ring (bicyclic) bond motifs is 1. The molecule has 0 fully saturated rings. The number of imidazole rings is 1. The predicted octanol–water partition coefficient (Wildman–Crippen LogP) is -1.55. The number of nitrogens with two attached hydrogens (primary N) is 1. The summed E-state index contributed by atoms with van der Waals surface area (Å²) in [4.78, 5) is 17.4. The van der Waals surface area contributed by atoms with Gasteiger partial charge < -0.3 is 25.5 Å². The molecule has 2 rings (SSSR count). The van der Waals surface area contributed by atoms with E-state index < -0.39 is 0 Å². The van der Waals surface area contributed by atoms with Crippen molar-refractivity contribution in [3.8, 4) is 5.88 Å². The summed E-state index contributed by atoms with van der Waals surface area (Å²) in [6.45, 7) is -0.238. The Balaban J connectivity index is 2.27. The zero-order chi connectivity index (χ0) is 13.8. The monoisotopic (exact) mass is 269 g/mol. The Morgan fingerprint density at radius 2 is 2.11 bits per heavy atom. The van der Waals surface area contributed by atoms with E-state index in [4.69, 9.17) is 25.5 Å². The molecule has 9 nitrogen and oxygen atoms in total. The molecule has 0 aliphatic carbocycles. The Morgan fingerprint density at radius 3 is 2.74 bits per heavy atom. The molecular weight excluding hydrogens is 254 g/mol. The smallest absolute Gasteiger partial charge is 0.247 e. The Hall–Kier alpha value is -2.13. The Kier molecular flexibility index (Phi) is 3.97. The molecule has 2 aromatic rings. The summed E-state index contributed by atoms with van der Waals surface area (Å²) >= 11 is 0. The van der Waals surface area contributed by atoms with Crippen molar-refractivity contribution in [2.24, 2.45) is 5.92 Å². The minimum atomic E-state index is -0.376. The number of nitrogens with zero attached hydrogens (tertiary/aromatic N) is 4. The number of ether oxygens (including phenoxy) is 1. The standard InChI is InChI=1S/C10H15N5O4/c1-18-9-7-8(13-10(11)14-9)15(5-12-7)19-4-6(2-16)3-17/h5-6,16-17H,2-4H2,1H3,(H2,11,13,14). The number of nitrogen functional groups attached to an aromatic ring is 1. The van der Waals surface area contributed by atoms with E-state index in [0.717, 1.165) is 0 Å². The van der Waals surface area contributed by atoms with Crippen LogP contribution < -0.4 is 15.3 Å². The first-order valence-corrected chi connectivity index (χ1v) is 5.59. The van der Waals surface area contributed by atoms with E-state index in [-0.39, 0.29) is 37.6 Å². The van der Waals surface area contributed by atoms with E-state index in [1.807, 2.05) is 0 Å². The lowest BCUT2D eigenvalue weighted by molar-refractivity contribution is 0.0388. The Morgan fingerprint density at radius 1 is 1.37 bits per heavy atom. The highest BCUT2D eigenvalue weighted by atomic mass is 16.7. The van der Waals surface area contributed by atoms with Gasteiger partial charge in [-0.05, 0) is 0 Å². The maximum atomic E-state index is 8.96. The van der Waals surface area contributed by atoms with Crippen molar-refractivity contribution in [1.82, 2.24) is 19.7 Å². The highest BCUT2D eigenvalue weighted by Crippen LogP contribution is 2.20. The van der Waals surface area contributed by atoms with Gasteiger partial charge in [0.15, 0.2) is 5.52 Å². The first kappa shape index (κ1) is 13.3. The molecule has 0 bridgehead atoms. The Bertz CT molecular complexity index is 554. The third kappa shape index (κ3) is 2.66. The normalized spacial score (nSPS) is 11.2. The van der Waals surface area contributed by atoms with Crippen molar-refractivity contribution < 1.29 is 19.8 Å². The average molecular weight is 269 g/mol. The minimum absolute atomic E-state index is 0.0376. The summed E-state index contributed by atoms with van der Waals surface area (Å²) in [6.07, 6.45) is 1.40. The van der Waals surface area contributed by atoms with Crippen molar-refractivity contribution in [1.29, 1.82) is 0 Å². The van der Waals surface area contributed by atoms with E-state index in [1.165, 1.54) is 18.2 Å². The molecule has 0 unspecified atom stereocenters. The number of anilines is 1. The molecule has 0 aromatic carbocycles. The molecule has 0 radical (unpaired) electrons. The van der Waals surface area contributed by atoms with E-state index in [1.54, 1.807) is 0 Å². The molecule has 0 atom stereocenters. The topological polar surface area (TPSA) is 129 Å². The van der Waals surface area contributed by atoms with Gasteiger partial charge in [-0.25, -0.2) is 4.98 Å². The number of aromatic nitrogens is 4. The molecule has 104 valence electrons. The van der Waals surface area contributed by atoms with Gasteiger partial charge in [0.1, 0.15) is 12.9 Å². The van der Waals surface area contributed by atoms with Gasteiger partial charge in [0.2, 0.25) is 17.5 Å². The first-order valence-electron chi connectivity index (χ1n) is 5.59. The van der Waals surface area contributed by atoms with Gasteiger partial charge in [-0.15, -0.1) is 0 Å². The summed E-state index contributed by atoms with van der Waals surface area (Å²) in [5.41, 5.74) is 6.34. The third-order valence-electron chi connectivity index (χ3n) is 2.51. The van der Waals surface area contributed by atoms with Crippen molar-refractivity contribution >= 4 is 17.1 Å². The average Bonchev–Trinajstić information content (AvgIpc) is 2.82. The molecule has 0 saturated heterocycles. The molecular formula is C10H15N5O4. The fourth-order valence-electron chi connectivity index (χ4n) is 1.46. The number of methoxy groups -OCH3 is 1. The summed E-state index contributed by atoms with van der Waals surface area (Å²) in [5, 5.41) is 17.9. The number of aliphatic hydroxyl groups excluding tert-OH is 2. The van der Waals surface area contributed by atoms with Crippen LogP contribution in [0.25, 0.3) is 11.2 Å². The van der Waals surface area contributed by atoms with Crippen LogP contribution in [0.1, 0.15) is 0 Å². The van der Waals surface area contributed by atoms with Crippen LogP contribution in [0.4, 0.5) is 5.95 Å².